The van der Waals surface area contributed by atoms with Crippen molar-refractivity contribution >= 4 is 17.5 Å². The van der Waals surface area contributed by atoms with Crippen LogP contribution in [0.1, 0.15) is 67.2 Å². The molecule has 29 heavy (non-hydrogen) atoms. The van der Waals surface area contributed by atoms with Gasteiger partial charge < -0.3 is 14.6 Å². The molecule has 0 radical (unpaired) electrons. The zero-order chi connectivity index (χ0) is 22.2. The Labute approximate surface area is 174 Å². The topological polar surface area (TPSA) is 80.7 Å². The summed E-state index contributed by atoms with van der Waals surface area (Å²) < 4.78 is 5.16. The molecule has 0 saturated carbocycles. The molecule has 0 aliphatic heterocycles. The second kappa shape index (κ2) is 10.9. The van der Waals surface area contributed by atoms with Crippen LogP contribution in [0.25, 0.3) is 0 Å². The van der Waals surface area contributed by atoms with Crippen molar-refractivity contribution < 1.29 is 24.2 Å². The Kier molecular flexibility index (Phi) is 9.28. The molecule has 1 N–H and O–H groups in total. The average molecular weight is 403 g/mol. The zero-order valence-corrected chi connectivity index (χ0v) is 18.5. The van der Waals surface area contributed by atoms with Gasteiger partial charge in [0.05, 0.1) is 6.26 Å². The lowest BCUT2D eigenvalue weighted by atomic mass is 9.65. The number of ether oxygens (including phenoxy) is 1. The lowest BCUT2D eigenvalue weighted by Gasteiger charge is -2.38. The number of rotatable bonds is 8. The number of allylic oxidation sites excluding steroid dienone is 6. The van der Waals surface area contributed by atoms with E-state index in [1.807, 2.05) is 20.8 Å². The van der Waals surface area contributed by atoms with Crippen molar-refractivity contribution in [2.75, 3.05) is 0 Å². The smallest absolute Gasteiger partial charge is 0.335 e. The highest BCUT2D eigenvalue weighted by Crippen LogP contribution is 2.46. The van der Waals surface area contributed by atoms with Gasteiger partial charge in [0.25, 0.3) is 0 Å². The highest BCUT2D eigenvalue weighted by molar-refractivity contribution is 5.98. The summed E-state index contributed by atoms with van der Waals surface area (Å²) in [6, 6.07) is 0. The Morgan fingerprint density at radius 1 is 1.21 bits per heavy atom. The van der Waals surface area contributed by atoms with Gasteiger partial charge in [-0.25, -0.2) is 4.79 Å². The van der Waals surface area contributed by atoms with Crippen LogP contribution < -0.4 is 0 Å². The maximum Gasteiger partial charge on any atom is 0.335 e. The minimum absolute atomic E-state index is 0.0336. The van der Waals surface area contributed by atoms with Crippen LogP contribution in [0.3, 0.4) is 0 Å². The maximum absolute atomic E-state index is 12.8. The lowest BCUT2D eigenvalue weighted by Crippen LogP contribution is -2.35. The SMILES string of the molecule is CC(=O)C[C@@H]1C(=O)C(O)=CC[C@@](C)(CCC=C(C)C)[C@@H]1/C=C/OC(=O)C=C(C)C. The molecule has 0 saturated heterocycles. The molecule has 0 bridgehead atoms. The van der Waals surface area contributed by atoms with E-state index in [1.54, 1.807) is 26.0 Å². The quantitative estimate of drug-likeness (QED) is 0.255. The third-order valence-electron chi connectivity index (χ3n) is 5.24. The first-order chi connectivity index (χ1) is 13.5. The number of hydrogen-bond acceptors (Lipinski definition) is 5. The second-order valence-electron chi connectivity index (χ2n) is 8.66. The normalized spacial score (nSPS) is 24.5. The summed E-state index contributed by atoms with van der Waals surface area (Å²) in [5.74, 6) is -2.38. The molecule has 0 amide bonds. The number of ketones is 2. The summed E-state index contributed by atoms with van der Waals surface area (Å²) in [6.45, 7) is 11.1. The fraction of sp³-hybridized carbons (Fsp3) is 0.542. The van der Waals surface area contributed by atoms with Gasteiger partial charge in [-0.05, 0) is 77.4 Å². The van der Waals surface area contributed by atoms with Crippen molar-refractivity contribution in [1.82, 2.24) is 0 Å². The molecule has 3 atom stereocenters. The maximum atomic E-state index is 12.8. The number of carbonyl (C=O) groups is 3. The Hall–Kier alpha value is -2.43. The first kappa shape index (κ1) is 24.6. The van der Waals surface area contributed by atoms with E-state index in [9.17, 15) is 19.5 Å². The molecule has 1 rings (SSSR count). The van der Waals surface area contributed by atoms with Gasteiger partial charge in [0.15, 0.2) is 5.76 Å². The number of aliphatic hydroxyl groups excluding tert-OH is 1. The minimum Gasteiger partial charge on any atom is -0.505 e. The van der Waals surface area contributed by atoms with Crippen molar-refractivity contribution in [2.24, 2.45) is 17.3 Å². The second-order valence-corrected chi connectivity index (χ2v) is 8.66. The van der Waals surface area contributed by atoms with Gasteiger partial charge in [0.1, 0.15) is 5.78 Å². The molecule has 160 valence electrons. The summed E-state index contributed by atoms with van der Waals surface area (Å²) in [5.41, 5.74) is 1.65. The minimum atomic E-state index is -0.693. The van der Waals surface area contributed by atoms with Gasteiger partial charge in [0.2, 0.25) is 5.78 Å². The van der Waals surface area contributed by atoms with Crippen molar-refractivity contribution in [3.8, 4) is 0 Å². The van der Waals surface area contributed by atoms with E-state index in [1.165, 1.54) is 24.8 Å². The van der Waals surface area contributed by atoms with Gasteiger partial charge in [-0.3, -0.25) is 4.79 Å². The van der Waals surface area contributed by atoms with E-state index in [0.29, 0.717) is 6.42 Å². The van der Waals surface area contributed by atoms with Gasteiger partial charge in [-0.2, -0.15) is 0 Å². The number of Topliss-reactive ketones (excluding diaryl/α,β-unsaturated/α-hetero) is 2. The Bertz CT molecular complexity index is 745. The number of hydrogen-bond donors (Lipinski definition) is 1. The van der Waals surface area contributed by atoms with E-state index in [4.69, 9.17) is 4.74 Å². The van der Waals surface area contributed by atoms with Crippen LogP contribution in [0.15, 0.2) is 47.5 Å². The number of aliphatic hydroxyl groups is 1. The highest BCUT2D eigenvalue weighted by atomic mass is 16.5. The molecule has 0 heterocycles. The van der Waals surface area contributed by atoms with Gasteiger partial charge in [0, 0.05) is 18.4 Å². The van der Waals surface area contributed by atoms with E-state index < -0.39 is 17.7 Å². The van der Waals surface area contributed by atoms with Gasteiger partial charge in [-0.1, -0.05) is 24.1 Å². The third-order valence-corrected chi connectivity index (χ3v) is 5.24. The monoisotopic (exact) mass is 402 g/mol. The van der Waals surface area contributed by atoms with Crippen molar-refractivity contribution in [3.05, 3.63) is 47.5 Å². The molecule has 0 aromatic heterocycles. The van der Waals surface area contributed by atoms with Crippen molar-refractivity contribution in [3.63, 3.8) is 0 Å². The fourth-order valence-electron chi connectivity index (χ4n) is 3.72. The van der Waals surface area contributed by atoms with Gasteiger partial charge in [-0.15, -0.1) is 0 Å². The molecular formula is C24H34O5. The number of esters is 1. The third kappa shape index (κ3) is 7.84. The molecule has 0 aromatic carbocycles. The standard InChI is InChI=1S/C24H34O5/c1-16(2)8-7-11-24(6)12-9-21(26)23(28)19(15-18(5)25)20(24)10-13-29-22(27)14-17(3)4/h8-10,13-14,19-20,26H,7,11-12,15H2,1-6H3/b13-10+/t19-,20+,24+/m0/s1. The van der Waals surface area contributed by atoms with Crippen LogP contribution in [0.2, 0.25) is 0 Å². The summed E-state index contributed by atoms with van der Waals surface area (Å²) >= 11 is 0. The Morgan fingerprint density at radius 3 is 2.41 bits per heavy atom. The molecule has 5 heteroatoms. The molecule has 0 fully saturated rings. The summed E-state index contributed by atoms with van der Waals surface area (Å²) in [6.07, 6.45) is 10.2. The molecule has 1 aliphatic rings. The first-order valence-corrected chi connectivity index (χ1v) is 10.0. The largest absolute Gasteiger partial charge is 0.505 e. The van der Waals surface area contributed by atoms with E-state index in [0.717, 1.165) is 18.4 Å². The van der Waals surface area contributed by atoms with E-state index in [2.05, 4.69) is 6.08 Å². The van der Waals surface area contributed by atoms with Crippen LogP contribution in [0, 0.1) is 17.3 Å². The van der Waals surface area contributed by atoms with Crippen molar-refractivity contribution in [1.29, 1.82) is 0 Å². The van der Waals surface area contributed by atoms with Gasteiger partial charge >= 0.3 is 5.97 Å². The van der Waals surface area contributed by atoms with Crippen LogP contribution in [0.4, 0.5) is 0 Å². The van der Waals surface area contributed by atoms with Crippen molar-refractivity contribution in [2.45, 2.75) is 67.2 Å². The zero-order valence-electron chi connectivity index (χ0n) is 18.5. The molecule has 0 aromatic rings. The summed E-state index contributed by atoms with van der Waals surface area (Å²) in [4.78, 5) is 36.4. The van der Waals surface area contributed by atoms with E-state index in [-0.39, 0.29) is 29.3 Å². The number of carbonyl (C=O) groups excluding carboxylic acids is 3. The fourth-order valence-corrected chi connectivity index (χ4v) is 3.72. The Morgan fingerprint density at radius 2 is 1.86 bits per heavy atom. The van der Waals surface area contributed by atoms with Crippen LogP contribution in [-0.2, 0) is 19.1 Å². The summed E-state index contributed by atoms with van der Waals surface area (Å²) in [5, 5.41) is 10.2. The lowest BCUT2D eigenvalue weighted by molar-refractivity contribution is -0.132. The molecular weight excluding hydrogens is 368 g/mol. The molecule has 5 nitrogen and oxygen atoms in total. The summed E-state index contributed by atoms with van der Waals surface area (Å²) in [7, 11) is 0. The molecule has 1 aliphatic carbocycles. The van der Waals surface area contributed by atoms with Crippen LogP contribution in [-0.4, -0.2) is 22.6 Å². The first-order valence-electron chi connectivity index (χ1n) is 10.0. The highest BCUT2D eigenvalue weighted by Gasteiger charge is 2.43. The predicted molar refractivity (Wildman–Crippen MR) is 114 cm³/mol. The molecule has 0 unspecified atom stereocenters. The van der Waals surface area contributed by atoms with Crippen LogP contribution in [0.5, 0.6) is 0 Å². The average Bonchev–Trinajstić information content (AvgIpc) is 2.66. The predicted octanol–water partition coefficient (Wildman–Crippen LogP) is 5.39. The van der Waals surface area contributed by atoms with Crippen LogP contribution >= 0.6 is 0 Å². The van der Waals surface area contributed by atoms with E-state index >= 15 is 0 Å². The Balaban J connectivity index is 3.27. The molecule has 0 spiro atoms.